The van der Waals surface area contributed by atoms with Gasteiger partial charge in [-0.3, -0.25) is 0 Å². The molecule has 0 unspecified atom stereocenters. The first-order valence-electron chi connectivity index (χ1n) is 6.56. The van der Waals surface area contributed by atoms with Gasteiger partial charge in [0.1, 0.15) is 0 Å². The number of rotatable bonds is 5. The van der Waals surface area contributed by atoms with E-state index < -0.39 is 0 Å². The smallest absolute Gasteiger partial charge is 0.0475 e. The Morgan fingerprint density at radius 1 is 0.882 bits per heavy atom. The van der Waals surface area contributed by atoms with Gasteiger partial charge < -0.3 is 4.57 Å². The molecule has 1 aromatic heterocycles. The van der Waals surface area contributed by atoms with E-state index in [1.54, 1.807) is 0 Å². The Morgan fingerprint density at radius 3 is 2.24 bits per heavy atom. The summed E-state index contributed by atoms with van der Waals surface area (Å²) < 4.78 is 2.47. The van der Waals surface area contributed by atoms with Crippen molar-refractivity contribution in [1.82, 2.24) is 4.57 Å². The molecule has 0 saturated heterocycles. The zero-order valence-corrected chi connectivity index (χ0v) is 10.8. The molecular weight excluding hydrogens is 206 g/mol. The third kappa shape index (κ3) is 2.79. The van der Waals surface area contributed by atoms with Crippen molar-refractivity contribution in [2.24, 2.45) is 0 Å². The van der Waals surface area contributed by atoms with Crippen LogP contribution in [0.3, 0.4) is 0 Å². The summed E-state index contributed by atoms with van der Waals surface area (Å²) in [5.41, 5.74) is 4.29. The lowest BCUT2D eigenvalue weighted by atomic mass is 10.2. The van der Waals surface area contributed by atoms with E-state index in [-0.39, 0.29) is 0 Å². The van der Waals surface area contributed by atoms with Crippen LogP contribution < -0.4 is 0 Å². The summed E-state index contributed by atoms with van der Waals surface area (Å²) in [6.45, 7) is 5.48. The van der Waals surface area contributed by atoms with Gasteiger partial charge in [-0.2, -0.15) is 0 Å². The third-order valence-corrected chi connectivity index (χ3v) is 3.21. The SMILES string of the molecule is CCCc1ccc(CC)n1Cc1ccccc1. The van der Waals surface area contributed by atoms with Crippen LogP contribution in [0.5, 0.6) is 0 Å². The largest absolute Gasteiger partial charge is 0.344 e. The van der Waals surface area contributed by atoms with E-state index in [1.807, 2.05) is 0 Å². The molecule has 1 aromatic carbocycles. The van der Waals surface area contributed by atoms with Gasteiger partial charge >= 0.3 is 0 Å². The van der Waals surface area contributed by atoms with E-state index in [0.717, 1.165) is 13.0 Å². The van der Waals surface area contributed by atoms with E-state index in [2.05, 4.69) is 60.9 Å². The first-order valence-corrected chi connectivity index (χ1v) is 6.56. The van der Waals surface area contributed by atoms with Gasteiger partial charge in [-0.25, -0.2) is 0 Å². The van der Waals surface area contributed by atoms with Crippen molar-refractivity contribution in [1.29, 1.82) is 0 Å². The van der Waals surface area contributed by atoms with Gasteiger partial charge in [0.2, 0.25) is 0 Å². The Hall–Kier alpha value is -1.50. The normalized spacial score (nSPS) is 10.7. The predicted molar refractivity (Wildman–Crippen MR) is 73.3 cm³/mol. The lowest BCUT2D eigenvalue weighted by Crippen LogP contribution is -2.07. The summed E-state index contributed by atoms with van der Waals surface area (Å²) in [6.07, 6.45) is 3.49. The molecule has 90 valence electrons. The van der Waals surface area contributed by atoms with E-state index in [0.29, 0.717) is 0 Å². The molecule has 2 aromatic rings. The minimum absolute atomic E-state index is 1.01. The maximum absolute atomic E-state index is 2.47. The molecule has 0 bridgehead atoms. The van der Waals surface area contributed by atoms with Crippen LogP contribution in [0.4, 0.5) is 0 Å². The van der Waals surface area contributed by atoms with Crippen LogP contribution in [-0.4, -0.2) is 4.57 Å². The van der Waals surface area contributed by atoms with E-state index in [4.69, 9.17) is 0 Å². The number of hydrogen-bond donors (Lipinski definition) is 0. The summed E-state index contributed by atoms with van der Waals surface area (Å²) in [7, 11) is 0. The quantitative estimate of drug-likeness (QED) is 0.726. The van der Waals surface area contributed by atoms with Crippen LogP contribution in [0.25, 0.3) is 0 Å². The molecule has 1 heterocycles. The number of hydrogen-bond acceptors (Lipinski definition) is 0. The van der Waals surface area contributed by atoms with Crippen LogP contribution in [0.15, 0.2) is 42.5 Å². The van der Waals surface area contributed by atoms with Crippen molar-refractivity contribution in [3.05, 3.63) is 59.4 Å². The second kappa shape index (κ2) is 5.72. The molecule has 0 radical (unpaired) electrons. The monoisotopic (exact) mass is 227 g/mol. The summed E-state index contributed by atoms with van der Waals surface area (Å²) in [4.78, 5) is 0. The van der Waals surface area contributed by atoms with Gasteiger partial charge in [0.25, 0.3) is 0 Å². The lowest BCUT2D eigenvalue weighted by molar-refractivity contribution is 0.691. The van der Waals surface area contributed by atoms with Crippen molar-refractivity contribution in [3.8, 4) is 0 Å². The van der Waals surface area contributed by atoms with Crippen LogP contribution in [0, 0.1) is 0 Å². The molecule has 0 amide bonds. The van der Waals surface area contributed by atoms with Gasteiger partial charge in [-0.15, -0.1) is 0 Å². The van der Waals surface area contributed by atoms with Crippen LogP contribution in [0.2, 0.25) is 0 Å². The zero-order valence-electron chi connectivity index (χ0n) is 10.8. The highest BCUT2D eigenvalue weighted by atomic mass is 15.0. The average Bonchev–Trinajstić information content (AvgIpc) is 2.74. The van der Waals surface area contributed by atoms with Gasteiger partial charge in [0, 0.05) is 17.9 Å². The minimum Gasteiger partial charge on any atom is -0.344 e. The van der Waals surface area contributed by atoms with Crippen LogP contribution in [0.1, 0.15) is 37.2 Å². The topological polar surface area (TPSA) is 4.93 Å². The molecule has 0 aliphatic rings. The van der Waals surface area contributed by atoms with E-state index in [1.165, 1.54) is 29.8 Å². The number of benzene rings is 1. The fourth-order valence-electron chi connectivity index (χ4n) is 2.31. The molecule has 0 aliphatic heterocycles. The maximum atomic E-state index is 2.47. The lowest BCUT2D eigenvalue weighted by Gasteiger charge is -2.12. The van der Waals surface area contributed by atoms with Gasteiger partial charge in [-0.05, 0) is 30.5 Å². The zero-order chi connectivity index (χ0) is 12.1. The Morgan fingerprint density at radius 2 is 1.59 bits per heavy atom. The first kappa shape index (κ1) is 12.0. The Bertz CT molecular complexity index is 454. The molecule has 0 N–H and O–H groups in total. The van der Waals surface area contributed by atoms with E-state index in [9.17, 15) is 0 Å². The standard InChI is InChI=1S/C16H21N/c1-3-8-16-12-11-15(4-2)17(16)13-14-9-6-5-7-10-14/h5-7,9-12H,3-4,8,13H2,1-2H3. The first-order chi connectivity index (χ1) is 8.35. The Kier molecular flexibility index (Phi) is 4.03. The second-order valence-corrected chi connectivity index (χ2v) is 4.49. The molecule has 1 heteroatoms. The van der Waals surface area contributed by atoms with Gasteiger partial charge in [-0.1, -0.05) is 50.6 Å². The molecule has 1 nitrogen and oxygen atoms in total. The summed E-state index contributed by atoms with van der Waals surface area (Å²) in [6, 6.07) is 15.3. The average molecular weight is 227 g/mol. The summed E-state index contributed by atoms with van der Waals surface area (Å²) in [5, 5.41) is 0. The number of aryl methyl sites for hydroxylation is 2. The van der Waals surface area contributed by atoms with Crippen molar-refractivity contribution in [2.75, 3.05) is 0 Å². The Labute approximate surface area is 104 Å². The highest BCUT2D eigenvalue weighted by Gasteiger charge is 2.06. The highest BCUT2D eigenvalue weighted by molar-refractivity contribution is 5.22. The Balaban J connectivity index is 2.26. The van der Waals surface area contributed by atoms with Crippen molar-refractivity contribution < 1.29 is 0 Å². The third-order valence-electron chi connectivity index (χ3n) is 3.21. The van der Waals surface area contributed by atoms with Crippen molar-refractivity contribution >= 4 is 0 Å². The van der Waals surface area contributed by atoms with Crippen molar-refractivity contribution in [3.63, 3.8) is 0 Å². The summed E-state index contributed by atoms with van der Waals surface area (Å²) in [5.74, 6) is 0. The molecule has 17 heavy (non-hydrogen) atoms. The maximum Gasteiger partial charge on any atom is 0.0475 e. The number of nitrogens with zero attached hydrogens (tertiary/aromatic N) is 1. The highest BCUT2D eigenvalue weighted by Crippen LogP contribution is 2.15. The predicted octanol–water partition coefficient (Wildman–Crippen LogP) is 4.05. The fraction of sp³-hybridized carbons (Fsp3) is 0.375. The van der Waals surface area contributed by atoms with Crippen LogP contribution >= 0.6 is 0 Å². The van der Waals surface area contributed by atoms with E-state index >= 15 is 0 Å². The second-order valence-electron chi connectivity index (χ2n) is 4.49. The van der Waals surface area contributed by atoms with Gasteiger partial charge in [0.05, 0.1) is 0 Å². The molecule has 2 rings (SSSR count). The summed E-state index contributed by atoms with van der Waals surface area (Å²) >= 11 is 0. The molecule has 0 fully saturated rings. The molecule has 0 aliphatic carbocycles. The molecule has 0 atom stereocenters. The van der Waals surface area contributed by atoms with Crippen LogP contribution in [-0.2, 0) is 19.4 Å². The minimum atomic E-state index is 1.01. The molecule has 0 spiro atoms. The fourth-order valence-corrected chi connectivity index (χ4v) is 2.31. The number of aromatic nitrogens is 1. The molecule has 0 saturated carbocycles. The van der Waals surface area contributed by atoms with Gasteiger partial charge in [0.15, 0.2) is 0 Å². The van der Waals surface area contributed by atoms with Crippen molar-refractivity contribution in [2.45, 2.75) is 39.7 Å². The molecular formula is C16H21N.